The highest BCUT2D eigenvalue weighted by atomic mass is 15.1. The molecule has 13 rings (SSSR count). The molecule has 0 saturated heterocycles. The van der Waals surface area contributed by atoms with Crippen LogP contribution in [-0.4, -0.2) is 18.7 Å². The van der Waals surface area contributed by atoms with Gasteiger partial charge < -0.3 is 9.13 Å². The SMILES string of the molecule is c1ccc(-c2ccc(-c3cc(-c4ccccc4)nc(-n4c5ccccc5c5ccc6c7cc(-n8c9ccccc9c9ccccc98)ccc7n(-c7ccccc7)c6c54)c3)cc2)cc1. The summed E-state index contributed by atoms with van der Waals surface area (Å²) in [6, 6.07) is 83.2. The van der Waals surface area contributed by atoms with Gasteiger partial charge in [-0.15, -0.1) is 0 Å². The van der Waals surface area contributed by atoms with Crippen molar-refractivity contribution in [2.24, 2.45) is 0 Å². The molecule has 0 spiro atoms. The predicted octanol–water partition coefficient (Wildman–Crippen LogP) is 15.4. The largest absolute Gasteiger partial charge is 0.309 e. The van der Waals surface area contributed by atoms with Crippen LogP contribution in [0.25, 0.3) is 116 Å². The number of fused-ring (bicyclic) bond motifs is 10. The Labute approximate surface area is 363 Å². The Morgan fingerprint density at radius 1 is 0.254 bits per heavy atom. The minimum Gasteiger partial charge on any atom is -0.309 e. The van der Waals surface area contributed by atoms with Crippen molar-refractivity contribution in [2.75, 3.05) is 0 Å². The first kappa shape index (κ1) is 35.3. The number of pyridine rings is 1. The van der Waals surface area contributed by atoms with E-state index in [4.69, 9.17) is 4.98 Å². The van der Waals surface area contributed by atoms with E-state index in [0.717, 1.165) is 61.6 Å². The van der Waals surface area contributed by atoms with E-state index in [1.165, 1.54) is 54.5 Å². The first-order valence-electron chi connectivity index (χ1n) is 21.5. The lowest BCUT2D eigenvalue weighted by Crippen LogP contribution is -2.02. The molecule has 0 amide bonds. The quantitative estimate of drug-likeness (QED) is 0.165. The third-order valence-corrected chi connectivity index (χ3v) is 12.8. The first-order chi connectivity index (χ1) is 31.3. The second kappa shape index (κ2) is 14.1. The number of nitrogens with zero attached hydrogens (tertiary/aromatic N) is 4. The van der Waals surface area contributed by atoms with E-state index < -0.39 is 0 Å². The van der Waals surface area contributed by atoms with E-state index in [1.807, 2.05) is 0 Å². The highest BCUT2D eigenvalue weighted by Crippen LogP contribution is 2.43. The lowest BCUT2D eigenvalue weighted by molar-refractivity contribution is 1.08. The number of benzene rings is 9. The zero-order valence-electron chi connectivity index (χ0n) is 34.2. The van der Waals surface area contributed by atoms with Crippen LogP contribution in [0.2, 0.25) is 0 Å². The molecule has 0 saturated carbocycles. The molecule has 4 nitrogen and oxygen atoms in total. The Morgan fingerprint density at radius 3 is 1.35 bits per heavy atom. The molecule has 0 aliphatic heterocycles. The molecule has 0 N–H and O–H groups in total. The van der Waals surface area contributed by atoms with Crippen LogP contribution in [0.1, 0.15) is 0 Å². The summed E-state index contributed by atoms with van der Waals surface area (Å²) >= 11 is 0. The Hall–Kier alpha value is -8.47. The summed E-state index contributed by atoms with van der Waals surface area (Å²) in [7, 11) is 0. The fraction of sp³-hybridized carbons (Fsp3) is 0. The van der Waals surface area contributed by atoms with E-state index in [-0.39, 0.29) is 0 Å². The van der Waals surface area contributed by atoms with Gasteiger partial charge in [0.15, 0.2) is 0 Å². The van der Waals surface area contributed by atoms with Gasteiger partial charge in [-0.3, -0.25) is 4.57 Å². The van der Waals surface area contributed by atoms with E-state index in [1.54, 1.807) is 0 Å². The van der Waals surface area contributed by atoms with Gasteiger partial charge in [-0.2, -0.15) is 0 Å². The molecule has 0 aliphatic rings. The minimum atomic E-state index is 0.869. The van der Waals surface area contributed by atoms with Gasteiger partial charge in [0, 0.05) is 49.3 Å². The summed E-state index contributed by atoms with van der Waals surface area (Å²) in [5.74, 6) is 0.869. The van der Waals surface area contributed by atoms with E-state index >= 15 is 0 Å². The number of hydrogen-bond acceptors (Lipinski definition) is 1. The van der Waals surface area contributed by atoms with E-state index in [9.17, 15) is 0 Å². The molecule has 294 valence electrons. The van der Waals surface area contributed by atoms with E-state index in [2.05, 4.69) is 244 Å². The molecule has 13 aromatic rings. The molecule has 4 aromatic heterocycles. The molecule has 63 heavy (non-hydrogen) atoms. The normalized spacial score (nSPS) is 11.8. The topological polar surface area (TPSA) is 27.7 Å². The van der Waals surface area contributed by atoms with Crippen molar-refractivity contribution in [1.82, 2.24) is 18.7 Å². The molecule has 9 aromatic carbocycles. The molecule has 0 unspecified atom stereocenters. The maximum atomic E-state index is 5.56. The molecule has 0 aliphatic carbocycles. The van der Waals surface area contributed by atoms with Crippen molar-refractivity contribution in [2.45, 2.75) is 0 Å². The molecule has 4 heterocycles. The van der Waals surface area contributed by atoms with Crippen LogP contribution in [0.3, 0.4) is 0 Å². The van der Waals surface area contributed by atoms with Gasteiger partial charge >= 0.3 is 0 Å². The summed E-state index contributed by atoms with van der Waals surface area (Å²) in [6.07, 6.45) is 0. The summed E-state index contributed by atoms with van der Waals surface area (Å²) in [6.45, 7) is 0. The Bertz CT molecular complexity index is 3820. The van der Waals surface area contributed by atoms with Crippen LogP contribution in [0.4, 0.5) is 0 Å². The second-order valence-corrected chi connectivity index (χ2v) is 16.4. The average molecular weight is 803 g/mol. The van der Waals surface area contributed by atoms with Gasteiger partial charge in [-0.25, -0.2) is 4.98 Å². The fourth-order valence-corrected chi connectivity index (χ4v) is 10.0. The summed E-state index contributed by atoms with van der Waals surface area (Å²) in [5, 5.41) is 7.25. The molecule has 0 atom stereocenters. The molecule has 0 bridgehead atoms. The van der Waals surface area contributed by atoms with Crippen molar-refractivity contribution in [3.05, 3.63) is 231 Å². The van der Waals surface area contributed by atoms with E-state index in [0.29, 0.717) is 0 Å². The second-order valence-electron chi connectivity index (χ2n) is 16.4. The predicted molar refractivity (Wildman–Crippen MR) is 264 cm³/mol. The van der Waals surface area contributed by atoms with Crippen LogP contribution in [0, 0.1) is 0 Å². The summed E-state index contributed by atoms with van der Waals surface area (Å²) in [4.78, 5) is 5.56. The third kappa shape index (κ3) is 5.52. The maximum absolute atomic E-state index is 5.56. The molecule has 4 heteroatoms. The zero-order chi connectivity index (χ0) is 41.4. The fourth-order valence-electron chi connectivity index (χ4n) is 10.0. The van der Waals surface area contributed by atoms with Gasteiger partial charge in [0.2, 0.25) is 0 Å². The summed E-state index contributed by atoms with van der Waals surface area (Å²) in [5.41, 5.74) is 15.8. The lowest BCUT2D eigenvalue weighted by atomic mass is 9.99. The average Bonchev–Trinajstić information content (AvgIpc) is 4.00. The Balaban J connectivity index is 1.12. The van der Waals surface area contributed by atoms with Crippen LogP contribution < -0.4 is 0 Å². The monoisotopic (exact) mass is 802 g/mol. The van der Waals surface area contributed by atoms with Gasteiger partial charge in [-0.1, -0.05) is 170 Å². The van der Waals surface area contributed by atoms with Crippen LogP contribution >= 0.6 is 0 Å². The van der Waals surface area contributed by atoms with Crippen molar-refractivity contribution in [3.8, 4) is 50.7 Å². The van der Waals surface area contributed by atoms with Crippen molar-refractivity contribution < 1.29 is 0 Å². The first-order valence-corrected chi connectivity index (χ1v) is 21.5. The minimum absolute atomic E-state index is 0.869. The molecule has 0 radical (unpaired) electrons. The van der Waals surface area contributed by atoms with Crippen molar-refractivity contribution in [3.63, 3.8) is 0 Å². The van der Waals surface area contributed by atoms with Gasteiger partial charge in [0.05, 0.1) is 38.8 Å². The van der Waals surface area contributed by atoms with Gasteiger partial charge in [0.1, 0.15) is 5.82 Å². The molecular formula is C59H38N4. The summed E-state index contributed by atoms with van der Waals surface area (Å²) < 4.78 is 7.29. The lowest BCUT2D eigenvalue weighted by Gasteiger charge is -2.15. The van der Waals surface area contributed by atoms with Crippen molar-refractivity contribution in [1.29, 1.82) is 0 Å². The molecule has 0 fully saturated rings. The highest BCUT2D eigenvalue weighted by molar-refractivity contribution is 6.24. The smallest absolute Gasteiger partial charge is 0.138 e. The Kier molecular flexibility index (Phi) is 7.87. The molecular weight excluding hydrogens is 765 g/mol. The van der Waals surface area contributed by atoms with Gasteiger partial charge in [0.25, 0.3) is 0 Å². The number of aromatic nitrogens is 4. The zero-order valence-corrected chi connectivity index (χ0v) is 34.2. The maximum Gasteiger partial charge on any atom is 0.138 e. The van der Waals surface area contributed by atoms with Gasteiger partial charge in [-0.05, 0) is 82.9 Å². The number of para-hydroxylation sites is 4. The van der Waals surface area contributed by atoms with Crippen molar-refractivity contribution >= 4 is 65.4 Å². The van der Waals surface area contributed by atoms with Crippen LogP contribution in [0.5, 0.6) is 0 Å². The number of rotatable bonds is 6. The Morgan fingerprint density at radius 2 is 0.714 bits per heavy atom. The highest BCUT2D eigenvalue weighted by Gasteiger charge is 2.23. The standard InChI is InChI=1S/C59H38N4/c1-4-16-39(17-5-1)40-28-30-41(31-29-40)43-36-52(42-18-6-2-7-19-42)60-57(37-43)63-55-27-15-12-24-48(55)49-33-34-50-51-38-45(61-53-25-13-10-22-46(53)47-23-11-14-26-54(47)61)32-35-56(51)62(58(50)59(49)63)44-20-8-3-9-21-44/h1-38H. The van der Waals surface area contributed by atoms with Crippen LogP contribution in [-0.2, 0) is 0 Å². The third-order valence-electron chi connectivity index (χ3n) is 12.8. The number of hydrogen-bond donors (Lipinski definition) is 0. The van der Waals surface area contributed by atoms with Crippen LogP contribution in [0.15, 0.2) is 231 Å².